The Balaban J connectivity index is 1.84. The molecular formula is C27H32N2O3. The Labute approximate surface area is 190 Å². The first-order valence-electron chi connectivity index (χ1n) is 11.0. The fraction of sp³-hybridized carbons (Fsp3) is 0.333. The lowest BCUT2D eigenvalue weighted by Gasteiger charge is -2.28. The molecule has 5 nitrogen and oxygen atoms in total. The number of hydrogen-bond donors (Lipinski definition) is 1. The van der Waals surface area contributed by atoms with Gasteiger partial charge in [0.2, 0.25) is 0 Å². The summed E-state index contributed by atoms with van der Waals surface area (Å²) in [5.41, 5.74) is 4.68. The predicted octanol–water partition coefficient (Wildman–Crippen LogP) is 5.26. The molecule has 1 N–H and O–H groups in total. The van der Waals surface area contributed by atoms with Crippen LogP contribution in [0.25, 0.3) is 11.1 Å². The molecule has 0 unspecified atom stereocenters. The zero-order valence-electron chi connectivity index (χ0n) is 19.1. The number of ether oxygens (including phenoxy) is 1. The maximum absolute atomic E-state index is 13.0. The minimum absolute atomic E-state index is 0.136. The molecule has 1 aromatic heterocycles. The zero-order valence-corrected chi connectivity index (χ0v) is 19.1. The Morgan fingerprint density at radius 2 is 1.69 bits per heavy atom. The highest BCUT2D eigenvalue weighted by molar-refractivity contribution is 5.71. The number of aromatic nitrogens is 1. The Kier molecular flexibility index (Phi) is 8.01. The average Bonchev–Trinajstić information content (AvgIpc) is 2.77. The van der Waals surface area contributed by atoms with E-state index in [9.17, 15) is 4.79 Å². The van der Waals surface area contributed by atoms with Crippen molar-refractivity contribution in [3.8, 4) is 11.1 Å². The Bertz CT molecular complexity index is 995. The summed E-state index contributed by atoms with van der Waals surface area (Å²) in [6.45, 7) is 6.72. The van der Waals surface area contributed by atoms with Gasteiger partial charge >= 0.3 is 6.09 Å². The largest absolute Gasteiger partial charge is 0.444 e. The third-order valence-corrected chi connectivity index (χ3v) is 5.06. The van der Waals surface area contributed by atoms with Gasteiger partial charge < -0.3 is 14.7 Å². The summed E-state index contributed by atoms with van der Waals surface area (Å²) in [7, 11) is 0. The monoisotopic (exact) mass is 432 g/mol. The molecule has 0 radical (unpaired) electrons. The standard InChI is InChI=1S/C27H32N2O3/c1-27(2,3)32-26(31)29(18-15-24-9-6-7-17-28-24)20-23-8-4-5-10-25(23)22-13-11-21(12-14-22)16-19-30/h4-14,17,30H,15-16,18-20H2,1-3H3. The highest BCUT2D eigenvalue weighted by atomic mass is 16.6. The number of aliphatic hydroxyl groups excluding tert-OH is 1. The summed E-state index contributed by atoms with van der Waals surface area (Å²) in [5.74, 6) is 0. The Hall–Kier alpha value is -3.18. The molecule has 2 aromatic carbocycles. The molecule has 0 aliphatic carbocycles. The van der Waals surface area contributed by atoms with E-state index in [0.29, 0.717) is 25.9 Å². The SMILES string of the molecule is CC(C)(C)OC(=O)N(CCc1ccccn1)Cc1ccccc1-c1ccc(CCO)cc1. The van der Waals surface area contributed by atoms with Gasteiger partial charge in [-0.2, -0.15) is 0 Å². The average molecular weight is 433 g/mol. The van der Waals surface area contributed by atoms with E-state index in [1.807, 2.05) is 63.2 Å². The maximum Gasteiger partial charge on any atom is 0.410 e. The number of carbonyl (C=O) groups excluding carboxylic acids is 1. The predicted molar refractivity (Wildman–Crippen MR) is 127 cm³/mol. The molecule has 0 saturated heterocycles. The molecule has 5 heteroatoms. The van der Waals surface area contributed by atoms with Gasteiger partial charge in [-0.1, -0.05) is 54.6 Å². The number of amides is 1. The molecule has 0 fully saturated rings. The lowest BCUT2D eigenvalue weighted by Crippen LogP contribution is -2.37. The van der Waals surface area contributed by atoms with Gasteiger partial charge in [0.15, 0.2) is 0 Å². The van der Waals surface area contributed by atoms with Crippen molar-refractivity contribution in [2.45, 2.75) is 45.8 Å². The van der Waals surface area contributed by atoms with Crippen LogP contribution in [0, 0.1) is 0 Å². The van der Waals surface area contributed by atoms with Crippen molar-refractivity contribution in [1.82, 2.24) is 9.88 Å². The lowest BCUT2D eigenvalue weighted by molar-refractivity contribution is 0.0235. The molecule has 3 rings (SSSR count). The molecule has 0 saturated carbocycles. The number of aliphatic hydroxyl groups is 1. The van der Waals surface area contributed by atoms with Crippen LogP contribution in [0.1, 0.15) is 37.6 Å². The molecule has 0 bridgehead atoms. The molecule has 32 heavy (non-hydrogen) atoms. The van der Waals surface area contributed by atoms with E-state index in [2.05, 4.69) is 29.2 Å². The second-order valence-electron chi connectivity index (χ2n) is 8.80. The summed E-state index contributed by atoms with van der Waals surface area (Å²) in [6.07, 6.45) is 2.73. The van der Waals surface area contributed by atoms with E-state index in [0.717, 1.165) is 27.9 Å². The maximum atomic E-state index is 13.0. The fourth-order valence-electron chi connectivity index (χ4n) is 3.48. The normalized spacial score (nSPS) is 11.2. The zero-order chi connectivity index (χ0) is 23.0. The van der Waals surface area contributed by atoms with Gasteiger partial charge in [0.1, 0.15) is 5.60 Å². The molecule has 1 amide bonds. The summed E-state index contributed by atoms with van der Waals surface area (Å²) >= 11 is 0. The van der Waals surface area contributed by atoms with Crippen molar-refractivity contribution < 1.29 is 14.6 Å². The van der Waals surface area contributed by atoms with Crippen LogP contribution < -0.4 is 0 Å². The first-order chi connectivity index (χ1) is 15.4. The minimum atomic E-state index is -0.567. The van der Waals surface area contributed by atoms with E-state index in [1.54, 1.807) is 11.1 Å². The second-order valence-corrected chi connectivity index (χ2v) is 8.80. The van der Waals surface area contributed by atoms with Gasteiger partial charge in [0, 0.05) is 38.0 Å². The van der Waals surface area contributed by atoms with Crippen LogP contribution in [0.15, 0.2) is 72.9 Å². The third kappa shape index (κ3) is 6.92. The van der Waals surface area contributed by atoms with Crippen molar-refractivity contribution in [3.05, 3.63) is 89.7 Å². The molecule has 168 valence electrons. The summed E-state index contributed by atoms with van der Waals surface area (Å²) < 4.78 is 5.69. The molecule has 0 atom stereocenters. The van der Waals surface area contributed by atoms with Gasteiger partial charge in [0.05, 0.1) is 0 Å². The molecule has 0 spiro atoms. The second kappa shape index (κ2) is 10.9. The van der Waals surface area contributed by atoms with Gasteiger partial charge in [-0.3, -0.25) is 4.98 Å². The van der Waals surface area contributed by atoms with Crippen LogP contribution >= 0.6 is 0 Å². The first-order valence-corrected chi connectivity index (χ1v) is 11.0. The van der Waals surface area contributed by atoms with E-state index in [-0.39, 0.29) is 12.7 Å². The van der Waals surface area contributed by atoms with Crippen molar-refractivity contribution in [2.75, 3.05) is 13.2 Å². The fourth-order valence-corrected chi connectivity index (χ4v) is 3.48. The molecule has 3 aromatic rings. The van der Waals surface area contributed by atoms with Crippen LogP contribution in [0.5, 0.6) is 0 Å². The van der Waals surface area contributed by atoms with E-state index in [1.165, 1.54) is 0 Å². The summed E-state index contributed by atoms with van der Waals surface area (Å²) in [5, 5.41) is 9.16. The van der Waals surface area contributed by atoms with Crippen LogP contribution in [-0.4, -0.2) is 39.8 Å². The van der Waals surface area contributed by atoms with E-state index < -0.39 is 5.60 Å². The van der Waals surface area contributed by atoms with Gasteiger partial charge in [0.25, 0.3) is 0 Å². The minimum Gasteiger partial charge on any atom is -0.444 e. The number of rotatable bonds is 8. The van der Waals surface area contributed by atoms with E-state index in [4.69, 9.17) is 9.84 Å². The van der Waals surface area contributed by atoms with Crippen molar-refractivity contribution in [3.63, 3.8) is 0 Å². The number of carbonyl (C=O) groups is 1. The highest BCUT2D eigenvalue weighted by Crippen LogP contribution is 2.26. The highest BCUT2D eigenvalue weighted by Gasteiger charge is 2.23. The number of nitrogens with zero attached hydrogens (tertiary/aromatic N) is 2. The number of benzene rings is 2. The molecule has 1 heterocycles. The lowest BCUT2D eigenvalue weighted by atomic mass is 9.98. The molecule has 0 aliphatic rings. The quantitative estimate of drug-likeness (QED) is 0.527. The topological polar surface area (TPSA) is 62.7 Å². The van der Waals surface area contributed by atoms with Crippen molar-refractivity contribution in [2.24, 2.45) is 0 Å². The third-order valence-electron chi connectivity index (χ3n) is 5.06. The van der Waals surface area contributed by atoms with Gasteiger partial charge in [-0.05, 0) is 61.6 Å². The van der Waals surface area contributed by atoms with E-state index >= 15 is 0 Å². The van der Waals surface area contributed by atoms with Crippen molar-refractivity contribution >= 4 is 6.09 Å². The van der Waals surface area contributed by atoms with Crippen LogP contribution in [-0.2, 0) is 24.1 Å². The first kappa shape index (κ1) is 23.5. The van der Waals surface area contributed by atoms with Gasteiger partial charge in [-0.25, -0.2) is 4.79 Å². The summed E-state index contributed by atoms with van der Waals surface area (Å²) in [6, 6.07) is 22.1. The smallest absolute Gasteiger partial charge is 0.410 e. The van der Waals surface area contributed by atoms with Crippen LogP contribution in [0.4, 0.5) is 4.79 Å². The van der Waals surface area contributed by atoms with Gasteiger partial charge in [-0.15, -0.1) is 0 Å². The molecule has 0 aliphatic heterocycles. The van der Waals surface area contributed by atoms with Crippen LogP contribution in [0.2, 0.25) is 0 Å². The Morgan fingerprint density at radius 3 is 2.34 bits per heavy atom. The molecular weight excluding hydrogens is 400 g/mol. The summed E-state index contributed by atoms with van der Waals surface area (Å²) in [4.78, 5) is 19.1. The van der Waals surface area contributed by atoms with Crippen LogP contribution in [0.3, 0.4) is 0 Å². The Morgan fingerprint density at radius 1 is 0.969 bits per heavy atom. The number of pyridine rings is 1. The van der Waals surface area contributed by atoms with Crippen molar-refractivity contribution in [1.29, 1.82) is 0 Å². The number of hydrogen-bond acceptors (Lipinski definition) is 4.